The highest BCUT2D eigenvalue weighted by molar-refractivity contribution is 7.99. The SMILES string of the molecule is N#Cc1ccc(-c2cccc3c2Sc2c(-c4cccc(-c5nc(-c6ccccc6)nc(-c6ccccc6)n5)c4)cccc2C32c3ccccc3-c3ccccc32)c2ccccc12. The average Bonchev–Trinajstić information content (AvgIpc) is 3.64. The summed E-state index contributed by atoms with van der Waals surface area (Å²) in [5.41, 5.74) is 14.9. The largest absolute Gasteiger partial charge is 0.208 e. The molecular formula is C57H34N4S. The van der Waals surface area contributed by atoms with Gasteiger partial charge in [0, 0.05) is 31.9 Å². The third-order valence-electron chi connectivity index (χ3n) is 12.5. The highest BCUT2D eigenvalue weighted by atomic mass is 32.2. The Kier molecular flexibility index (Phi) is 8.35. The Morgan fingerprint density at radius 1 is 0.355 bits per heavy atom. The van der Waals surface area contributed by atoms with Gasteiger partial charge in [-0.3, -0.25) is 0 Å². The van der Waals surface area contributed by atoms with Gasteiger partial charge >= 0.3 is 0 Å². The second-order valence-electron chi connectivity index (χ2n) is 15.7. The lowest BCUT2D eigenvalue weighted by Crippen LogP contribution is -2.32. The second kappa shape index (κ2) is 14.4. The van der Waals surface area contributed by atoms with Crippen LogP contribution in [0.25, 0.3) is 78.3 Å². The highest BCUT2D eigenvalue weighted by Crippen LogP contribution is 2.64. The Labute approximate surface area is 363 Å². The van der Waals surface area contributed by atoms with Crippen LogP contribution in [0.4, 0.5) is 0 Å². The summed E-state index contributed by atoms with van der Waals surface area (Å²) in [5.74, 6) is 1.88. The van der Waals surface area contributed by atoms with Gasteiger partial charge in [-0.2, -0.15) is 5.26 Å². The molecule has 0 saturated carbocycles. The van der Waals surface area contributed by atoms with E-state index in [9.17, 15) is 5.26 Å². The van der Waals surface area contributed by atoms with Crippen molar-refractivity contribution in [3.8, 4) is 73.6 Å². The lowest BCUT2D eigenvalue weighted by molar-refractivity contribution is 0.724. The molecule has 2 heterocycles. The molecule has 1 aliphatic carbocycles. The van der Waals surface area contributed by atoms with Gasteiger partial charge in [-0.1, -0.05) is 206 Å². The van der Waals surface area contributed by atoms with Gasteiger partial charge in [-0.15, -0.1) is 0 Å². The Balaban J connectivity index is 1.10. The van der Waals surface area contributed by atoms with Crippen LogP contribution in [0.15, 0.2) is 216 Å². The summed E-state index contributed by atoms with van der Waals surface area (Å²) in [6.07, 6.45) is 0. The first-order chi connectivity index (χ1) is 30.7. The van der Waals surface area contributed by atoms with Gasteiger partial charge in [0.05, 0.1) is 17.0 Å². The van der Waals surface area contributed by atoms with E-state index in [2.05, 4.69) is 140 Å². The molecule has 0 atom stereocenters. The van der Waals surface area contributed by atoms with E-state index >= 15 is 0 Å². The molecule has 1 spiro atoms. The third kappa shape index (κ3) is 5.44. The van der Waals surface area contributed by atoms with Gasteiger partial charge in [0.1, 0.15) is 0 Å². The number of nitriles is 1. The zero-order valence-corrected chi connectivity index (χ0v) is 34.1. The maximum atomic E-state index is 10.1. The van der Waals surface area contributed by atoms with Crippen molar-refractivity contribution >= 4 is 22.5 Å². The quantitative estimate of drug-likeness (QED) is 0.173. The van der Waals surface area contributed by atoms with E-state index in [-0.39, 0.29) is 0 Å². The van der Waals surface area contributed by atoms with E-state index in [0.717, 1.165) is 49.7 Å². The normalized spacial score (nSPS) is 12.9. The van der Waals surface area contributed by atoms with Gasteiger partial charge in [-0.05, 0) is 73.2 Å². The van der Waals surface area contributed by atoms with E-state index in [1.165, 1.54) is 43.2 Å². The minimum Gasteiger partial charge on any atom is -0.208 e. The van der Waals surface area contributed by atoms with Crippen molar-refractivity contribution in [3.63, 3.8) is 0 Å². The number of aromatic nitrogens is 3. The first-order valence-electron chi connectivity index (χ1n) is 20.7. The lowest BCUT2D eigenvalue weighted by atomic mass is 9.66. The highest BCUT2D eigenvalue weighted by Gasteiger charge is 2.51. The lowest BCUT2D eigenvalue weighted by Gasteiger charge is -2.41. The zero-order chi connectivity index (χ0) is 41.2. The number of nitrogens with zero attached hydrogens (tertiary/aromatic N) is 4. The summed E-state index contributed by atoms with van der Waals surface area (Å²) in [6.45, 7) is 0. The van der Waals surface area contributed by atoms with Gasteiger partial charge in [0.2, 0.25) is 0 Å². The van der Waals surface area contributed by atoms with Crippen molar-refractivity contribution in [3.05, 3.63) is 234 Å². The van der Waals surface area contributed by atoms with E-state index in [1.807, 2.05) is 84.6 Å². The number of hydrogen-bond acceptors (Lipinski definition) is 5. The Hall–Kier alpha value is -7.91. The van der Waals surface area contributed by atoms with Crippen LogP contribution in [0.2, 0.25) is 0 Å². The molecule has 5 heteroatoms. The maximum absolute atomic E-state index is 10.1. The molecule has 10 aromatic rings. The van der Waals surface area contributed by atoms with Crippen LogP contribution < -0.4 is 0 Å². The van der Waals surface area contributed by atoms with Crippen molar-refractivity contribution in [2.24, 2.45) is 0 Å². The van der Waals surface area contributed by atoms with E-state index in [1.54, 1.807) is 0 Å². The fourth-order valence-corrected chi connectivity index (χ4v) is 11.2. The predicted octanol–water partition coefficient (Wildman–Crippen LogP) is 14.1. The van der Waals surface area contributed by atoms with Crippen LogP contribution in [0.3, 0.4) is 0 Å². The van der Waals surface area contributed by atoms with Crippen LogP contribution in [-0.4, -0.2) is 15.0 Å². The molecular weight excluding hydrogens is 773 g/mol. The second-order valence-corrected chi connectivity index (χ2v) is 16.8. The fraction of sp³-hybridized carbons (Fsp3) is 0.0175. The molecule has 2 aliphatic rings. The monoisotopic (exact) mass is 806 g/mol. The number of rotatable bonds is 5. The molecule has 0 bridgehead atoms. The Morgan fingerprint density at radius 2 is 0.806 bits per heavy atom. The smallest absolute Gasteiger partial charge is 0.164 e. The Morgan fingerprint density at radius 3 is 1.44 bits per heavy atom. The average molecular weight is 807 g/mol. The van der Waals surface area contributed by atoms with Crippen molar-refractivity contribution in [1.82, 2.24) is 15.0 Å². The summed E-state index contributed by atoms with van der Waals surface area (Å²) >= 11 is 1.85. The van der Waals surface area contributed by atoms with Gasteiger partial charge < -0.3 is 0 Å². The molecule has 62 heavy (non-hydrogen) atoms. The van der Waals surface area contributed by atoms with Gasteiger partial charge in [0.15, 0.2) is 17.5 Å². The van der Waals surface area contributed by atoms with Gasteiger partial charge in [0.25, 0.3) is 0 Å². The molecule has 1 aromatic heterocycles. The molecule has 4 nitrogen and oxygen atoms in total. The fourth-order valence-electron chi connectivity index (χ4n) is 9.78. The first-order valence-corrected chi connectivity index (χ1v) is 21.6. The van der Waals surface area contributed by atoms with E-state index < -0.39 is 5.41 Å². The van der Waals surface area contributed by atoms with Crippen molar-refractivity contribution in [2.75, 3.05) is 0 Å². The summed E-state index contributed by atoms with van der Waals surface area (Å²) in [6, 6.07) is 75.2. The predicted molar refractivity (Wildman–Crippen MR) is 251 cm³/mol. The minimum atomic E-state index is -0.585. The van der Waals surface area contributed by atoms with Crippen molar-refractivity contribution in [2.45, 2.75) is 15.2 Å². The van der Waals surface area contributed by atoms with Crippen LogP contribution >= 0.6 is 11.8 Å². The minimum absolute atomic E-state index is 0.585. The summed E-state index contributed by atoms with van der Waals surface area (Å²) in [4.78, 5) is 17.6. The number of benzene rings is 9. The molecule has 9 aromatic carbocycles. The summed E-state index contributed by atoms with van der Waals surface area (Å²) < 4.78 is 0. The molecule has 0 amide bonds. The van der Waals surface area contributed by atoms with Gasteiger partial charge in [-0.25, -0.2) is 15.0 Å². The molecule has 0 saturated heterocycles. The molecule has 0 N–H and O–H groups in total. The van der Waals surface area contributed by atoms with E-state index in [4.69, 9.17) is 15.0 Å². The third-order valence-corrected chi connectivity index (χ3v) is 13.7. The molecule has 0 fully saturated rings. The summed E-state index contributed by atoms with van der Waals surface area (Å²) in [7, 11) is 0. The van der Waals surface area contributed by atoms with Crippen molar-refractivity contribution in [1.29, 1.82) is 5.26 Å². The van der Waals surface area contributed by atoms with Crippen LogP contribution in [0, 0.1) is 11.3 Å². The van der Waals surface area contributed by atoms with E-state index in [0.29, 0.717) is 23.0 Å². The maximum Gasteiger partial charge on any atom is 0.164 e. The number of fused-ring (bicyclic) bond motifs is 10. The topological polar surface area (TPSA) is 62.5 Å². The van der Waals surface area contributed by atoms with Crippen LogP contribution in [0.5, 0.6) is 0 Å². The molecule has 0 radical (unpaired) electrons. The Bertz CT molecular complexity index is 3360. The summed E-state index contributed by atoms with van der Waals surface area (Å²) in [5, 5.41) is 12.1. The van der Waals surface area contributed by atoms with Crippen LogP contribution in [0.1, 0.15) is 27.8 Å². The molecule has 1 aliphatic heterocycles. The van der Waals surface area contributed by atoms with Crippen LogP contribution in [-0.2, 0) is 5.41 Å². The number of hydrogen-bond donors (Lipinski definition) is 0. The first kappa shape index (κ1) is 36.0. The molecule has 12 rings (SSSR count). The molecule has 288 valence electrons. The zero-order valence-electron chi connectivity index (χ0n) is 33.3. The standard InChI is InChI=1S/C57H34N4S/c58-35-40-32-33-44(43-23-8-7-22-41(40)43)47-27-15-31-51-53(47)62-52-42(26-14-30-50(52)57(51)48-28-11-9-24-45(48)46-25-10-12-29-49(46)57)38-20-13-21-39(34-38)56-60-54(36-16-3-1-4-17-36)59-55(61-56)37-18-5-2-6-19-37/h1-34H. The molecule has 0 unspecified atom stereocenters. The van der Waals surface area contributed by atoms with Crippen molar-refractivity contribution < 1.29 is 0 Å².